The normalized spacial score (nSPS) is 12.4. The number of hydrogen-bond donors (Lipinski definition) is 2. The van der Waals surface area contributed by atoms with E-state index in [1.807, 2.05) is 19.1 Å². The monoisotopic (exact) mass is 362 g/mol. The number of carbonyl (C=O) groups is 1. The Kier molecular flexibility index (Phi) is 8.40. The fraction of sp³-hybridized carbons (Fsp3) is 0.533. The van der Waals surface area contributed by atoms with Crippen molar-refractivity contribution < 1.29 is 4.79 Å². The topological polar surface area (TPSA) is 55.1 Å². The van der Waals surface area contributed by atoms with Gasteiger partial charge in [-0.3, -0.25) is 4.79 Å². The van der Waals surface area contributed by atoms with Crippen LogP contribution in [-0.4, -0.2) is 18.5 Å². The highest BCUT2D eigenvalue weighted by Crippen LogP contribution is 2.25. The molecule has 0 aliphatic heterocycles. The lowest BCUT2D eigenvalue weighted by molar-refractivity contribution is -0.121. The van der Waals surface area contributed by atoms with Crippen LogP contribution in [0.2, 0.25) is 0 Å². The Morgan fingerprint density at radius 2 is 2.10 bits per heavy atom. The van der Waals surface area contributed by atoms with E-state index in [4.69, 9.17) is 5.73 Å². The van der Waals surface area contributed by atoms with Gasteiger partial charge in [0.25, 0.3) is 0 Å². The number of halogens is 2. The summed E-state index contributed by atoms with van der Waals surface area (Å²) >= 11 is 3.47. The summed E-state index contributed by atoms with van der Waals surface area (Å²) in [6, 6.07) is 8.26. The molecule has 0 saturated carbocycles. The Labute approximate surface area is 136 Å². The van der Waals surface area contributed by atoms with Crippen LogP contribution in [0, 0.1) is 0 Å². The first-order chi connectivity index (χ1) is 8.81. The molecular weight excluding hydrogens is 340 g/mol. The molecule has 0 bridgehead atoms. The largest absolute Gasteiger partial charge is 0.355 e. The van der Waals surface area contributed by atoms with Crippen molar-refractivity contribution in [1.82, 2.24) is 5.32 Å². The predicted octanol–water partition coefficient (Wildman–Crippen LogP) is 3.39. The zero-order valence-corrected chi connectivity index (χ0v) is 14.7. The van der Waals surface area contributed by atoms with Crippen LogP contribution in [0.3, 0.4) is 0 Å². The van der Waals surface area contributed by atoms with Gasteiger partial charge in [0.2, 0.25) is 5.91 Å². The van der Waals surface area contributed by atoms with Crippen molar-refractivity contribution in [3.8, 4) is 0 Å². The molecular formula is C15H24BrClN2O. The van der Waals surface area contributed by atoms with E-state index < -0.39 is 0 Å². The van der Waals surface area contributed by atoms with Crippen LogP contribution in [0.5, 0.6) is 0 Å². The molecule has 0 saturated heterocycles. The second-order valence-corrected chi connectivity index (χ2v) is 6.60. The minimum atomic E-state index is -0.0895. The molecule has 5 heteroatoms. The third kappa shape index (κ3) is 6.73. The Hall–Kier alpha value is -0.580. The minimum absolute atomic E-state index is 0. The molecule has 0 aliphatic carbocycles. The summed E-state index contributed by atoms with van der Waals surface area (Å²) in [6.07, 6.45) is 1.22. The van der Waals surface area contributed by atoms with Crippen molar-refractivity contribution >= 4 is 34.2 Å². The van der Waals surface area contributed by atoms with E-state index >= 15 is 0 Å². The molecule has 0 aromatic heterocycles. The maximum absolute atomic E-state index is 11.7. The summed E-state index contributed by atoms with van der Waals surface area (Å²) in [7, 11) is 0. The van der Waals surface area contributed by atoms with Crippen LogP contribution in [0.4, 0.5) is 0 Å². The summed E-state index contributed by atoms with van der Waals surface area (Å²) in [4.78, 5) is 11.7. The molecule has 114 valence electrons. The molecule has 0 spiro atoms. The van der Waals surface area contributed by atoms with Gasteiger partial charge in [-0.1, -0.05) is 41.9 Å². The SMILES string of the molecule is CC(N)CCC(=O)NCC(C)(C)c1cccc(Br)c1.Cl. The van der Waals surface area contributed by atoms with Crippen molar-refractivity contribution in [2.24, 2.45) is 5.73 Å². The lowest BCUT2D eigenvalue weighted by atomic mass is 9.84. The van der Waals surface area contributed by atoms with Gasteiger partial charge in [-0.25, -0.2) is 0 Å². The van der Waals surface area contributed by atoms with Gasteiger partial charge in [-0.2, -0.15) is 0 Å². The maximum Gasteiger partial charge on any atom is 0.220 e. The highest BCUT2D eigenvalue weighted by molar-refractivity contribution is 9.10. The molecule has 1 unspecified atom stereocenters. The fourth-order valence-electron chi connectivity index (χ4n) is 1.78. The predicted molar refractivity (Wildman–Crippen MR) is 90.3 cm³/mol. The van der Waals surface area contributed by atoms with E-state index in [-0.39, 0.29) is 29.8 Å². The van der Waals surface area contributed by atoms with E-state index in [9.17, 15) is 4.79 Å². The molecule has 1 rings (SSSR count). The number of nitrogens with one attached hydrogen (secondary N) is 1. The van der Waals surface area contributed by atoms with Crippen LogP contribution in [0.15, 0.2) is 28.7 Å². The number of nitrogens with two attached hydrogens (primary N) is 1. The molecule has 1 aromatic rings. The van der Waals surface area contributed by atoms with E-state index in [1.54, 1.807) is 0 Å². The van der Waals surface area contributed by atoms with Crippen molar-refractivity contribution in [3.63, 3.8) is 0 Å². The number of benzene rings is 1. The zero-order chi connectivity index (χ0) is 14.5. The highest BCUT2D eigenvalue weighted by atomic mass is 79.9. The van der Waals surface area contributed by atoms with E-state index in [1.165, 1.54) is 5.56 Å². The molecule has 0 aliphatic rings. The molecule has 1 atom stereocenters. The first kappa shape index (κ1) is 19.4. The average molecular weight is 364 g/mol. The molecule has 0 radical (unpaired) electrons. The summed E-state index contributed by atoms with van der Waals surface area (Å²) in [5, 5.41) is 2.99. The molecule has 0 fully saturated rings. The van der Waals surface area contributed by atoms with Crippen molar-refractivity contribution in [2.75, 3.05) is 6.54 Å². The lowest BCUT2D eigenvalue weighted by Gasteiger charge is -2.26. The molecule has 0 heterocycles. The van der Waals surface area contributed by atoms with Crippen molar-refractivity contribution in [2.45, 2.75) is 45.1 Å². The molecule has 3 N–H and O–H groups in total. The summed E-state index contributed by atoms with van der Waals surface area (Å²) < 4.78 is 1.06. The minimum Gasteiger partial charge on any atom is -0.355 e. The van der Waals surface area contributed by atoms with Gasteiger partial charge < -0.3 is 11.1 Å². The third-order valence-corrected chi connectivity index (χ3v) is 3.65. The molecule has 3 nitrogen and oxygen atoms in total. The van der Waals surface area contributed by atoms with Crippen molar-refractivity contribution in [3.05, 3.63) is 34.3 Å². The van der Waals surface area contributed by atoms with Crippen LogP contribution >= 0.6 is 28.3 Å². The van der Waals surface area contributed by atoms with Crippen LogP contribution in [-0.2, 0) is 10.2 Å². The van der Waals surface area contributed by atoms with Gasteiger partial charge in [-0.15, -0.1) is 12.4 Å². The van der Waals surface area contributed by atoms with E-state index in [0.717, 1.165) is 10.9 Å². The standard InChI is InChI=1S/C15H23BrN2O.ClH/c1-11(17)7-8-14(19)18-10-15(2,3)12-5-4-6-13(16)9-12;/h4-6,9,11H,7-8,10,17H2,1-3H3,(H,18,19);1H. The van der Waals surface area contributed by atoms with Crippen LogP contribution in [0.1, 0.15) is 39.2 Å². The Morgan fingerprint density at radius 3 is 2.65 bits per heavy atom. The fourth-order valence-corrected chi connectivity index (χ4v) is 2.18. The lowest BCUT2D eigenvalue weighted by Crippen LogP contribution is -2.37. The first-order valence-electron chi connectivity index (χ1n) is 6.59. The van der Waals surface area contributed by atoms with Gasteiger partial charge in [0.15, 0.2) is 0 Å². The quantitative estimate of drug-likeness (QED) is 0.814. The Morgan fingerprint density at radius 1 is 1.45 bits per heavy atom. The van der Waals surface area contributed by atoms with Crippen LogP contribution < -0.4 is 11.1 Å². The Balaban J connectivity index is 0.00000361. The second kappa shape index (κ2) is 8.65. The smallest absolute Gasteiger partial charge is 0.220 e. The van der Waals surface area contributed by atoms with Crippen molar-refractivity contribution in [1.29, 1.82) is 0 Å². The van der Waals surface area contributed by atoms with Gasteiger partial charge in [-0.05, 0) is 31.0 Å². The summed E-state index contributed by atoms with van der Waals surface area (Å²) in [5.41, 5.74) is 6.76. The van der Waals surface area contributed by atoms with Gasteiger partial charge >= 0.3 is 0 Å². The van der Waals surface area contributed by atoms with Crippen LogP contribution in [0.25, 0.3) is 0 Å². The molecule has 1 aromatic carbocycles. The number of amides is 1. The third-order valence-electron chi connectivity index (χ3n) is 3.16. The summed E-state index contributed by atoms with van der Waals surface area (Å²) in [6.45, 7) is 6.79. The van der Waals surface area contributed by atoms with E-state index in [2.05, 4.69) is 47.2 Å². The van der Waals surface area contributed by atoms with Gasteiger partial charge in [0, 0.05) is 28.9 Å². The molecule has 1 amide bonds. The van der Waals surface area contributed by atoms with E-state index in [0.29, 0.717) is 13.0 Å². The first-order valence-corrected chi connectivity index (χ1v) is 7.39. The maximum atomic E-state index is 11.7. The second-order valence-electron chi connectivity index (χ2n) is 5.69. The molecule has 20 heavy (non-hydrogen) atoms. The van der Waals surface area contributed by atoms with Gasteiger partial charge in [0.1, 0.15) is 0 Å². The number of carbonyl (C=O) groups excluding carboxylic acids is 1. The zero-order valence-electron chi connectivity index (χ0n) is 12.3. The summed E-state index contributed by atoms with van der Waals surface area (Å²) in [5.74, 6) is 0.0698. The number of hydrogen-bond acceptors (Lipinski definition) is 2. The van der Waals surface area contributed by atoms with Gasteiger partial charge in [0.05, 0.1) is 0 Å². The highest BCUT2D eigenvalue weighted by Gasteiger charge is 2.21. The number of rotatable bonds is 6. The average Bonchev–Trinajstić information content (AvgIpc) is 2.34. The Bertz CT molecular complexity index is 436.